The van der Waals surface area contributed by atoms with E-state index in [0.29, 0.717) is 41.2 Å². The zero-order valence-corrected chi connectivity index (χ0v) is 14.0. The maximum absolute atomic E-state index is 5.94. The van der Waals surface area contributed by atoms with E-state index in [4.69, 9.17) is 15.2 Å². The lowest BCUT2D eigenvalue weighted by atomic mass is 10.0. The van der Waals surface area contributed by atoms with E-state index in [-0.39, 0.29) is 5.92 Å². The molecule has 0 aromatic carbocycles. The van der Waals surface area contributed by atoms with E-state index in [2.05, 4.69) is 35.4 Å². The van der Waals surface area contributed by atoms with E-state index in [1.165, 1.54) is 0 Å². The maximum Gasteiger partial charge on any atom is 0.187 e. The lowest BCUT2D eigenvalue weighted by Crippen LogP contribution is -2.03. The van der Waals surface area contributed by atoms with E-state index in [0.717, 1.165) is 5.56 Å². The Hall–Kier alpha value is -2.63. The molecule has 0 saturated heterocycles. The molecule has 0 aliphatic heterocycles. The summed E-state index contributed by atoms with van der Waals surface area (Å²) >= 11 is 0. The standard InChI is InChI=1S/C17H22N4O2/c1-6-22-11(4)14-7-15(13(8-20-14)10(2)3)23-16-9-19-12(5)21-17(16)18/h7-10H,4,6H2,1-3,5H3,(H2,18,19,21). The van der Waals surface area contributed by atoms with Crippen molar-refractivity contribution in [2.24, 2.45) is 0 Å². The number of nitrogens with zero attached hydrogens (tertiary/aromatic N) is 3. The molecule has 23 heavy (non-hydrogen) atoms. The Morgan fingerprint density at radius 1 is 1.26 bits per heavy atom. The van der Waals surface area contributed by atoms with Gasteiger partial charge in [-0.05, 0) is 19.8 Å². The van der Waals surface area contributed by atoms with Crippen molar-refractivity contribution in [3.8, 4) is 11.5 Å². The monoisotopic (exact) mass is 314 g/mol. The predicted octanol–water partition coefficient (Wildman–Crippen LogP) is 3.69. The molecule has 0 bridgehead atoms. The second kappa shape index (κ2) is 7.09. The van der Waals surface area contributed by atoms with Crippen LogP contribution in [-0.2, 0) is 4.74 Å². The summed E-state index contributed by atoms with van der Waals surface area (Å²) in [5.74, 6) is 2.69. The number of ether oxygens (including phenoxy) is 2. The van der Waals surface area contributed by atoms with Crippen molar-refractivity contribution in [1.82, 2.24) is 15.0 Å². The Labute approximate surface area is 136 Å². The topological polar surface area (TPSA) is 83.2 Å². The first-order valence-electron chi connectivity index (χ1n) is 7.51. The van der Waals surface area contributed by atoms with Gasteiger partial charge in [0, 0.05) is 17.8 Å². The minimum atomic E-state index is 0.236. The average molecular weight is 314 g/mol. The Balaban J connectivity index is 2.41. The lowest BCUT2D eigenvalue weighted by molar-refractivity contribution is 0.297. The lowest BCUT2D eigenvalue weighted by Gasteiger charge is -2.16. The second-order valence-electron chi connectivity index (χ2n) is 5.39. The third-order valence-corrected chi connectivity index (χ3v) is 3.24. The second-order valence-corrected chi connectivity index (χ2v) is 5.39. The number of nitrogen functional groups attached to an aromatic ring is 1. The van der Waals surface area contributed by atoms with Gasteiger partial charge >= 0.3 is 0 Å². The van der Waals surface area contributed by atoms with Gasteiger partial charge in [-0.15, -0.1) is 0 Å². The van der Waals surface area contributed by atoms with Crippen LogP contribution in [0.3, 0.4) is 0 Å². The number of aryl methyl sites for hydroxylation is 1. The molecule has 0 aliphatic rings. The van der Waals surface area contributed by atoms with Gasteiger partial charge in [-0.1, -0.05) is 20.4 Å². The van der Waals surface area contributed by atoms with Gasteiger partial charge in [0.25, 0.3) is 0 Å². The van der Waals surface area contributed by atoms with Crippen LogP contribution in [0.4, 0.5) is 5.82 Å². The first kappa shape index (κ1) is 16.7. The van der Waals surface area contributed by atoms with Gasteiger partial charge < -0.3 is 15.2 Å². The van der Waals surface area contributed by atoms with Gasteiger partial charge in [-0.25, -0.2) is 9.97 Å². The number of anilines is 1. The van der Waals surface area contributed by atoms with Gasteiger partial charge in [-0.2, -0.15) is 0 Å². The Morgan fingerprint density at radius 2 is 2.00 bits per heavy atom. The van der Waals surface area contributed by atoms with E-state index in [1.54, 1.807) is 25.4 Å². The molecule has 2 aromatic rings. The molecule has 2 aromatic heterocycles. The van der Waals surface area contributed by atoms with Gasteiger partial charge in [-0.3, -0.25) is 4.98 Å². The van der Waals surface area contributed by atoms with Crippen molar-refractivity contribution in [1.29, 1.82) is 0 Å². The molecule has 0 aliphatic carbocycles. The molecular formula is C17H22N4O2. The number of pyridine rings is 1. The molecule has 0 radical (unpaired) electrons. The van der Waals surface area contributed by atoms with Crippen LogP contribution >= 0.6 is 0 Å². The van der Waals surface area contributed by atoms with E-state index < -0.39 is 0 Å². The molecule has 0 fully saturated rings. The smallest absolute Gasteiger partial charge is 0.187 e. The predicted molar refractivity (Wildman–Crippen MR) is 90.2 cm³/mol. The van der Waals surface area contributed by atoms with Gasteiger partial charge in [0.2, 0.25) is 0 Å². The Morgan fingerprint density at radius 3 is 2.61 bits per heavy atom. The van der Waals surface area contributed by atoms with Gasteiger partial charge in [0.15, 0.2) is 11.6 Å². The van der Waals surface area contributed by atoms with Crippen molar-refractivity contribution in [2.75, 3.05) is 12.3 Å². The van der Waals surface area contributed by atoms with Crippen molar-refractivity contribution in [3.05, 3.63) is 42.1 Å². The van der Waals surface area contributed by atoms with Crippen molar-refractivity contribution in [2.45, 2.75) is 33.6 Å². The molecule has 6 nitrogen and oxygen atoms in total. The molecular weight excluding hydrogens is 292 g/mol. The fourth-order valence-electron chi connectivity index (χ4n) is 2.04. The van der Waals surface area contributed by atoms with Crippen LogP contribution in [0, 0.1) is 6.92 Å². The highest BCUT2D eigenvalue weighted by Crippen LogP contribution is 2.33. The summed E-state index contributed by atoms with van der Waals surface area (Å²) in [6.45, 7) is 12.2. The first-order chi connectivity index (χ1) is 10.9. The highest BCUT2D eigenvalue weighted by atomic mass is 16.5. The summed E-state index contributed by atoms with van der Waals surface area (Å²) in [7, 11) is 0. The molecule has 2 heterocycles. The minimum Gasteiger partial charge on any atom is -0.492 e. The molecule has 2 rings (SSSR count). The molecule has 6 heteroatoms. The average Bonchev–Trinajstić information content (AvgIpc) is 2.50. The normalized spacial score (nSPS) is 10.7. The zero-order chi connectivity index (χ0) is 17.0. The molecule has 122 valence electrons. The van der Waals surface area contributed by atoms with Crippen molar-refractivity contribution >= 4 is 11.6 Å². The summed E-state index contributed by atoms with van der Waals surface area (Å²) in [5.41, 5.74) is 7.49. The van der Waals surface area contributed by atoms with Crippen LogP contribution in [0.15, 0.2) is 25.0 Å². The van der Waals surface area contributed by atoms with Crippen LogP contribution < -0.4 is 10.5 Å². The quantitative estimate of drug-likeness (QED) is 0.819. The van der Waals surface area contributed by atoms with E-state index in [1.807, 2.05) is 6.92 Å². The number of hydrogen-bond acceptors (Lipinski definition) is 6. The molecule has 0 amide bonds. The van der Waals surface area contributed by atoms with Crippen LogP contribution in [0.1, 0.15) is 43.8 Å². The fourth-order valence-corrected chi connectivity index (χ4v) is 2.04. The van der Waals surface area contributed by atoms with Crippen LogP contribution in [-0.4, -0.2) is 21.6 Å². The zero-order valence-electron chi connectivity index (χ0n) is 14.0. The van der Waals surface area contributed by atoms with Crippen molar-refractivity contribution in [3.63, 3.8) is 0 Å². The van der Waals surface area contributed by atoms with Crippen LogP contribution in [0.2, 0.25) is 0 Å². The van der Waals surface area contributed by atoms with E-state index >= 15 is 0 Å². The summed E-state index contributed by atoms with van der Waals surface area (Å²) in [4.78, 5) is 12.6. The van der Waals surface area contributed by atoms with Crippen LogP contribution in [0.5, 0.6) is 11.5 Å². The summed E-state index contributed by atoms with van der Waals surface area (Å²) < 4.78 is 11.3. The highest BCUT2D eigenvalue weighted by Gasteiger charge is 2.15. The maximum atomic E-state index is 5.94. The van der Waals surface area contributed by atoms with Crippen LogP contribution in [0.25, 0.3) is 5.76 Å². The number of hydrogen-bond donors (Lipinski definition) is 1. The Bertz CT molecular complexity index is 714. The van der Waals surface area contributed by atoms with Crippen molar-refractivity contribution < 1.29 is 9.47 Å². The number of rotatable bonds is 6. The Kier molecular flexibility index (Phi) is 5.16. The fraction of sp³-hybridized carbons (Fsp3) is 0.353. The SMILES string of the molecule is C=C(OCC)c1cc(Oc2cnc(C)nc2N)c(C(C)C)cn1. The summed E-state index contributed by atoms with van der Waals surface area (Å²) in [5, 5.41) is 0. The first-order valence-corrected chi connectivity index (χ1v) is 7.51. The number of aromatic nitrogens is 3. The molecule has 0 unspecified atom stereocenters. The minimum absolute atomic E-state index is 0.236. The highest BCUT2D eigenvalue weighted by molar-refractivity contribution is 5.57. The third-order valence-electron chi connectivity index (χ3n) is 3.24. The summed E-state index contributed by atoms with van der Waals surface area (Å²) in [6, 6.07) is 1.80. The van der Waals surface area contributed by atoms with Gasteiger partial charge in [0.1, 0.15) is 23.0 Å². The summed E-state index contributed by atoms with van der Waals surface area (Å²) in [6.07, 6.45) is 3.34. The van der Waals surface area contributed by atoms with Gasteiger partial charge in [0.05, 0.1) is 12.8 Å². The van der Waals surface area contributed by atoms with E-state index in [9.17, 15) is 0 Å². The molecule has 0 atom stereocenters. The third kappa shape index (κ3) is 3.97. The molecule has 0 spiro atoms. The molecule has 2 N–H and O–H groups in total. The molecule has 0 saturated carbocycles. The largest absolute Gasteiger partial charge is 0.492 e. The number of nitrogens with two attached hydrogens (primary N) is 1.